The zero-order valence-electron chi connectivity index (χ0n) is 8.54. The number of carbonyl (C=O) groups is 1. The van der Waals surface area contributed by atoms with E-state index < -0.39 is 35.6 Å². The monoisotopic (exact) mass is 231 g/mol. The summed E-state index contributed by atoms with van der Waals surface area (Å²) >= 11 is 0. The molecule has 1 aromatic carbocycles. The third kappa shape index (κ3) is 2.66. The second-order valence-corrected chi connectivity index (χ2v) is 3.21. The van der Waals surface area contributed by atoms with E-state index in [2.05, 4.69) is 4.74 Å². The summed E-state index contributed by atoms with van der Waals surface area (Å²) in [6.07, 6.45) is -0.541. The van der Waals surface area contributed by atoms with Crippen molar-refractivity contribution < 1.29 is 23.4 Å². The molecule has 3 N–H and O–H groups in total. The normalized spacial score (nSPS) is 12.2. The summed E-state index contributed by atoms with van der Waals surface area (Å²) in [5.74, 6) is -3.03. The van der Waals surface area contributed by atoms with Gasteiger partial charge in [0, 0.05) is 23.7 Å². The molecule has 0 aliphatic heterocycles. The van der Waals surface area contributed by atoms with E-state index in [-0.39, 0.29) is 5.75 Å². The molecule has 88 valence electrons. The number of aliphatic carboxylic acids is 1. The molecule has 6 heteroatoms. The van der Waals surface area contributed by atoms with Crippen molar-refractivity contribution in [1.29, 1.82) is 0 Å². The number of carboxylic acid groups (broad SMARTS) is 1. The second-order valence-electron chi connectivity index (χ2n) is 3.21. The van der Waals surface area contributed by atoms with Gasteiger partial charge in [0.05, 0.1) is 13.5 Å². The van der Waals surface area contributed by atoms with Crippen LogP contribution in [0.5, 0.6) is 5.75 Å². The summed E-state index contributed by atoms with van der Waals surface area (Å²) in [6, 6.07) is 0.698. The van der Waals surface area contributed by atoms with E-state index in [9.17, 15) is 13.6 Å². The average Bonchev–Trinajstić information content (AvgIpc) is 2.15. The molecule has 0 fully saturated rings. The van der Waals surface area contributed by atoms with E-state index in [0.29, 0.717) is 0 Å². The third-order valence-corrected chi connectivity index (χ3v) is 2.05. The number of ether oxygens (including phenoxy) is 1. The molecule has 0 aliphatic carbocycles. The highest BCUT2D eigenvalue weighted by molar-refractivity contribution is 5.68. The Morgan fingerprint density at radius 1 is 1.50 bits per heavy atom. The van der Waals surface area contributed by atoms with Crippen LogP contribution in [0.2, 0.25) is 0 Å². The van der Waals surface area contributed by atoms with E-state index in [0.717, 1.165) is 12.1 Å². The molecule has 0 amide bonds. The predicted molar refractivity (Wildman–Crippen MR) is 52.1 cm³/mol. The molecular weight excluding hydrogens is 220 g/mol. The van der Waals surface area contributed by atoms with Gasteiger partial charge in [-0.25, -0.2) is 8.78 Å². The summed E-state index contributed by atoms with van der Waals surface area (Å²) in [5, 5.41) is 8.48. The number of halogens is 2. The topological polar surface area (TPSA) is 72.5 Å². The highest BCUT2D eigenvalue weighted by Crippen LogP contribution is 2.26. The Morgan fingerprint density at radius 2 is 2.00 bits per heavy atom. The van der Waals surface area contributed by atoms with Crippen LogP contribution in [0, 0.1) is 11.6 Å². The van der Waals surface area contributed by atoms with Crippen LogP contribution in [0.3, 0.4) is 0 Å². The first-order chi connectivity index (χ1) is 7.45. The van der Waals surface area contributed by atoms with Gasteiger partial charge in [-0.2, -0.15) is 0 Å². The van der Waals surface area contributed by atoms with Crippen LogP contribution in [-0.4, -0.2) is 18.2 Å². The highest BCUT2D eigenvalue weighted by Gasteiger charge is 2.20. The summed E-state index contributed by atoms with van der Waals surface area (Å²) in [5.41, 5.74) is 4.95. The maximum Gasteiger partial charge on any atom is 0.305 e. The Labute approximate surface area is 90.6 Å². The second kappa shape index (κ2) is 4.89. The van der Waals surface area contributed by atoms with E-state index in [1.165, 1.54) is 7.11 Å². The number of methoxy groups -OCH3 is 1. The van der Waals surface area contributed by atoms with Crippen LogP contribution in [0.25, 0.3) is 0 Å². The van der Waals surface area contributed by atoms with Crippen LogP contribution >= 0.6 is 0 Å². The van der Waals surface area contributed by atoms with Crippen LogP contribution < -0.4 is 10.5 Å². The van der Waals surface area contributed by atoms with Gasteiger partial charge in [0.15, 0.2) is 0 Å². The van der Waals surface area contributed by atoms with Gasteiger partial charge in [0.1, 0.15) is 17.4 Å². The Morgan fingerprint density at radius 3 is 2.38 bits per heavy atom. The Hall–Kier alpha value is -1.69. The fourth-order valence-electron chi connectivity index (χ4n) is 1.32. The molecule has 1 atom stereocenters. The maximum absolute atomic E-state index is 13.4. The van der Waals surface area contributed by atoms with E-state index in [4.69, 9.17) is 10.8 Å². The standard InChI is InChI=1S/C10H11F2NO3/c1-16-5-2-6(11)10(7(12)3-5)8(13)4-9(14)15/h2-3,8H,4,13H2,1H3,(H,14,15). The van der Waals surface area contributed by atoms with Crippen LogP contribution in [0.15, 0.2) is 12.1 Å². The lowest BCUT2D eigenvalue weighted by Gasteiger charge is -2.12. The van der Waals surface area contributed by atoms with Gasteiger partial charge in [-0.05, 0) is 0 Å². The molecule has 0 heterocycles. The van der Waals surface area contributed by atoms with Gasteiger partial charge in [-0.3, -0.25) is 4.79 Å². The lowest BCUT2D eigenvalue weighted by atomic mass is 10.0. The molecule has 16 heavy (non-hydrogen) atoms. The van der Waals surface area contributed by atoms with Crippen molar-refractivity contribution in [3.63, 3.8) is 0 Å². The minimum atomic E-state index is -1.22. The molecule has 0 saturated heterocycles. The number of hydrogen-bond acceptors (Lipinski definition) is 3. The largest absolute Gasteiger partial charge is 0.497 e. The molecule has 0 aromatic heterocycles. The smallest absolute Gasteiger partial charge is 0.305 e. The average molecular weight is 231 g/mol. The van der Waals surface area contributed by atoms with Crippen LogP contribution in [0.1, 0.15) is 18.0 Å². The van der Waals surface area contributed by atoms with Crippen LogP contribution in [0.4, 0.5) is 8.78 Å². The molecule has 0 saturated carbocycles. The Balaban J connectivity index is 3.08. The van der Waals surface area contributed by atoms with Crippen molar-refractivity contribution in [3.8, 4) is 5.75 Å². The fourth-order valence-corrected chi connectivity index (χ4v) is 1.32. The maximum atomic E-state index is 13.4. The van der Waals surface area contributed by atoms with Crippen molar-refractivity contribution in [3.05, 3.63) is 29.3 Å². The van der Waals surface area contributed by atoms with Gasteiger partial charge in [-0.15, -0.1) is 0 Å². The van der Waals surface area contributed by atoms with Gasteiger partial charge >= 0.3 is 5.97 Å². The number of hydrogen-bond donors (Lipinski definition) is 2. The van der Waals surface area contributed by atoms with Crippen molar-refractivity contribution in [1.82, 2.24) is 0 Å². The van der Waals surface area contributed by atoms with E-state index in [1.54, 1.807) is 0 Å². The summed E-state index contributed by atoms with van der Waals surface area (Å²) in [4.78, 5) is 10.4. The minimum Gasteiger partial charge on any atom is -0.497 e. The zero-order chi connectivity index (χ0) is 12.3. The molecule has 0 radical (unpaired) electrons. The van der Waals surface area contributed by atoms with Crippen molar-refractivity contribution in [2.75, 3.05) is 7.11 Å². The first-order valence-corrected chi connectivity index (χ1v) is 4.46. The van der Waals surface area contributed by atoms with Crippen molar-refractivity contribution >= 4 is 5.97 Å². The molecular formula is C10H11F2NO3. The predicted octanol–water partition coefficient (Wildman–Crippen LogP) is 1.45. The van der Waals surface area contributed by atoms with Crippen molar-refractivity contribution in [2.24, 2.45) is 5.73 Å². The summed E-state index contributed by atoms with van der Waals surface area (Å²) in [7, 11) is 1.27. The number of carboxylic acids is 1. The van der Waals surface area contributed by atoms with E-state index in [1.807, 2.05) is 0 Å². The first-order valence-electron chi connectivity index (χ1n) is 4.46. The molecule has 4 nitrogen and oxygen atoms in total. The quantitative estimate of drug-likeness (QED) is 0.822. The molecule has 0 aliphatic rings. The lowest BCUT2D eigenvalue weighted by molar-refractivity contribution is -0.137. The van der Waals surface area contributed by atoms with Gasteiger partial charge in [0.2, 0.25) is 0 Å². The van der Waals surface area contributed by atoms with Gasteiger partial charge < -0.3 is 15.6 Å². The first kappa shape index (κ1) is 12.4. The highest BCUT2D eigenvalue weighted by atomic mass is 19.1. The van der Waals surface area contributed by atoms with Gasteiger partial charge in [0.25, 0.3) is 0 Å². The molecule has 0 bridgehead atoms. The Kier molecular flexibility index (Phi) is 3.78. The van der Waals surface area contributed by atoms with Gasteiger partial charge in [-0.1, -0.05) is 0 Å². The Bertz CT molecular complexity index is 386. The number of nitrogens with two attached hydrogens (primary N) is 1. The zero-order valence-corrected chi connectivity index (χ0v) is 8.54. The molecule has 1 rings (SSSR count). The summed E-state index contributed by atoms with van der Waals surface area (Å²) < 4.78 is 31.5. The fraction of sp³-hybridized carbons (Fsp3) is 0.300. The molecule has 0 spiro atoms. The summed E-state index contributed by atoms with van der Waals surface area (Å²) in [6.45, 7) is 0. The molecule has 1 aromatic rings. The third-order valence-electron chi connectivity index (χ3n) is 2.05. The SMILES string of the molecule is COc1cc(F)c(C(N)CC(=O)O)c(F)c1. The number of rotatable bonds is 4. The van der Waals surface area contributed by atoms with E-state index >= 15 is 0 Å². The molecule has 1 unspecified atom stereocenters. The van der Waals surface area contributed by atoms with Crippen LogP contribution in [-0.2, 0) is 4.79 Å². The van der Waals surface area contributed by atoms with Crippen molar-refractivity contribution in [2.45, 2.75) is 12.5 Å². The lowest BCUT2D eigenvalue weighted by Crippen LogP contribution is -2.18. The number of benzene rings is 1. The minimum absolute atomic E-state index is 0.0151.